The lowest BCUT2D eigenvalue weighted by molar-refractivity contribution is -0.384. The molecule has 1 fully saturated rings. The fourth-order valence-electron chi connectivity index (χ4n) is 3.54. The molecule has 31 heavy (non-hydrogen) atoms. The molecule has 3 rings (SSSR count). The van der Waals surface area contributed by atoms with E-state index in [9.17, 15) is 24.8 Å². The lowest BCUT2D eigenvalue weighted by Crippen LogP contribution is -2.31. The van der Waals surface area contributed by atoms with E-state index in [2.05, 4.69) is 0 Å². The average Bonchev–Trinajstić information content (AvgIpc) is 3.03. The third kappa shape index (κ3) is 4.41. The zero-order valence-corrected chi connectivity index (χ0v) is 17.1. The summed E-state index contributed by atoms with van der Waals surface area (Å²) in [6.45, 7) is 0.598. The van der Waals surface area contributed by atoms with Gasteiger partial charge in [-0.15, -0.1) is 0 Å². The van der Waals surface area contributed by atoms with E-state index in [1.54, 1.807) is 24.3 Å². The lowest BCUT2D eigenvalue weighted by atomic mass is 9.95. The van der Waals surface area contributed by atoms with Crippen molar-refractivity contribution in [3.8, 4) is 5.75 Å². The summed E-state index contributed by atoms with van der Waals surface area (Å²) in [5, 5.41) is 22.0. The summed E-state index contributed by atoms with van der Waals surface area (Å²) in [7, 11) is 3.01. The number of ketones is 1. The molecule has 1 atom stereocenters. The predicted molar refractivity (Wildman–Crippen MR) is 112 cm³/mol. The number of ether oxygens (including phenoxy) is 2. The molecule has 9 heteroatoms. The number of carbonyl (C=O) groups is 2. The van der Waals surface area contributed by atoms with E-state index in [1.165, 1.54) is 43.4 Å². The number of methoxy groups -OCH3 is 2. The molecule has 1 N–H and O–H groups in total. The van der Waals surface area contributed by atoms with E-state index < -0.39 is 22.7 Å². The molecule has 1 aliphatic rings. The van der Waals surface area contributed by atoms with E-state index in [1.807, 2.05) is 0 Å². The summed E-state index contributed by atoms with van der Waals surface area (Å²) in [4.78, 5) is 37.5. The Morgan fingerprint density at radius 2 is 1.87 bits per heavy atom. The zero-order valence-electron chi connectivity index (χ0n) is 17.1. The second kappa shape index (κ2) is 9.40. The molecule has 2 aromatic rings. The second-order valence-corrected chi connectivity index (χ2v) is 6.92. The molecule has 1 amide bonds. The van der Waals surface area contributed by atoms with Gasteiger partial charge in [0.2, 0.25) is 0 Å². The number of hydrogen-bond acceptors (Lipinski definition) is 7. The van der Waals surface area contributed by atoms with Crippen molar-refractivity contribution in [3.63, 3.8) is 0 Å². The molecule has 0 bridgehead atoms. The van der Waals surface area contributed by atoms with Crippen LogP contribution in [-0.4, -0.2) is 54.0 Å². The van der Waals surface area contributed by atoms with Crippen LogP contribution in [0.3, 0.4) is 0 Å². The van der Waals surface area contributed by atoms with Crippen LogP contribution in [-0.2, 0) is 14.3 Å². The summed E-state index contributed by atoms with van der Waals surface area (Å²) < 4.78 is 10.2. The van der Waals surface area contributed by atoms with Gasteiger partial charge in [-0.1, -0.05) is 12.1 Å². The van der Waals surface area contributed by atoms with Crippen molar-refractivity contribution in [3.05, 3.63) is 75.3 Å². The number of likely N-dealkylation sites (tertiary alicyclic amines) is 1. The van der Waals surface area contributed by atoms with Crippen LogP contribution < -0.4 is 4.74 Å². The normalized spacial score (nSPS) is 17.7. The Morgan fingerprint density at radius 3 is 2.48 bits per heavy atom. The van der Waals surface area contributed by atoms with E-state index in [0.29, 0.717) is 29.9 Å². The van der Waals surface area contributed by atoms with Crippen molar-refractivity contribution in [1.82, 2.24) is 4.90 Å². The molecule has 162 valence electrons. The molecule has 1 heterocycles. The number of non-ortho nitro benzene ring substituents is 1. The van der Waals surface area contributed by atoms with E-state index in [-0.39, 0.29) is 23.6 Å². The van der Waals surface area contributed by atoms with Crippen LogP contribution in [0.4, 0.5) is 5.69 Å². The molecular weight excluding hydrogens is 404 g/mol. The summed E-state index contributed by atoms with van der Waals surface area (Å²) >= 11 is 0. The number of nitro groups is 1. The van der Waals surface area contributed by atoms with Gasteiger partial charge in [-0.3, -0.25) is 19.7 Å². The Bertz CT molecular complexity index is 1030. The number of benzene rings is 2. The van der Waals surface area contributed by atoms with Gasteiger partial charge < -0.3 is 19.5 Å². The Morgan fingerprint density at radius 1 is 1.16 bits per heavy atom. The minimum atomic E-state index is -0.885. The Hall–Kier alpha value is -3.72. The zero-order chi connectivity index (χ0) is 22.5. The molecule has 1 unspecified atom stereocenters. The number of hydrogen-bond donors (Lipinski definition) is 1. The van der Waals surface area contributed by atoms with E-state index in [0.717, 1.165) is 0 Å². The van der Waals surface area contributed by atoms with E-state index >= 15 is 0 Å². The van der Waals surface area contributed by atoms with Gasteiger partial charge in [0.05, 0.1) is 23.6 Å². The number of Topliss-reactive ketones (excluding diaryl/α,β-unsaturated/α-hetero) is 1. The van der Waals surface area contributed by atoms with Gasteiger partial charge in [0.1, 0.15) is 11.5 Å². The third-order valence-corrected chi connectivity index (χ3v) is 5.05. The van der Waals surface area contributed by atoms with Crippen molar-refractivity contribution in [1.29, 1.82) is 0 Å². The van der Waals surface area contributed by atoms with Crippen molar-refractivity contribution >= 4 is 23.1 Å². The number of amides is 1. The van der Waals surface area contributed by atoms with Gasteiger partial charge in [-0.05, 0) is 36.2 Å². The molecule has 1 saturated heterocycles. The highest BCUT2D eigenvalue weighted by Crippen LogP contribution is 2.40. The predicted octanol–water partition coefficient (Wildman–Crippen LogP) is 3.06. The van der Waals surface area contributed by atoms with Gasteiger partial charge in [-0.2, -0.15) is 0 Å². The first kappa shape index (κ1) is 22.0. The van der Waals surface area contributed by atoms with Crippen LogP contribution in [0.1, 0.15) is 23.6 Å². The highest BCUT2D eigenvalue weighted by molar-refractivity contribution is 6.46. The van der Waals surface area contributed by atoms with Crippen molar-refractivity contribution in [2.45, 2.75) is 12.5 Å². The standard InChI is InChI=1S/C22H22N2O7/c1-30-12-4-11-23-19(14-7-9-16(10-8-14)24(28)29)18(21(26)22(23)27)20(25)15-5-3-6-17(13-15)31-2/h3,5-10,13,19,25H,4,11-12H2,1-2H3. The maximum Gasteiger partial charge on any atom is 0.295 e. The molecule has 0 saturated carbocycles. The fourth-order valence-corrected chi connectivity index (χ4v) is 3.54. The number of nitro benzene ring substituents is 1. The Labute approximate surface area is 178 Å². The molecule has 0 radical (unpaired) electrons. The summed E-state index contributed by atoms with van der Waals surface area (Å²) in [6, 6.07) is 11.2. The fraction of sp³-hybridized carbons (Fsp3) is 0.273. The van der Waals surface area contributed by atoms with Crippen LogP contribution in [0.25, 0.3) is 5.76 Å². The largest absolute Gasteiger partial charge is 0.507 e. The second-order valence-electron chi connectivity index (χ2n) is 6.92. The molecule has 0 aliphatic carbocycles. The highest BCUT2D eigenvalue weighted by Gasteiger charge is 2.45. The summed E-state index contributed by atoms with van der Waals surface area (Å²) in [6.07, 6.45) is 0.478. The van der Waals surface area contributed by atoms with Gasteiger partial charge in [0.15, 0.2) is 0 Å². The first-order valence-corrected chi connectivity index (χ1v) is 9.55. The smallest absolute Gasteiger partial charge is 0.295 e. The maximum absolute atomic E-state index is 12.9. The number of aliphatic hydroxyl groups is 1. The first-order chi connectivity index (χ1) is 14.9. The van der Waals surface area contributed by atoms with Crippen LogP contribution in [0.2, 0.25) is 0 Å². The number of aliphatic hydroxyl groups excluding tert-OH is 1. The highest BCUT2D eigenvalue weighted by atomic mass is 16.6. The quantitative estimate of drug-likeness (QED) is 0.172. The van der Waals surface area contributed by atoms with E-state index in [4.69, 9.17) is 9.47 Å². The van der Waals surface area contributed by atoms with Crippen LogP contribution in [0.5, 0.6) is 5.75 Å². The van der Waals surface area contributed by atoms with Crippen LogP contribution in [0, 0.1) is 10.1 Å². The lowest BCUT2D eigenvalue weighted by Gasteiger charge is -2.25. The molecular formula is C22H22N2O7. The monoisotopic (exact) mass is 426 g/mol. The minimum absolute atomic E-state index is 0.0791. The van der Waals surface area contributed by atoms with Crippen molar-refractivity contribution < 1.29 is 29.1 Å². The Kier molecular flexibility index (Phi) is 6.66. The number of rotatable bonds is 8. The van der Waals surface area contributed by atoms with Crippen LogP contribution >= 0.6 is 0 Å². The number of nitrogens with zero attached hydrogens (tertiary/aromatic N) is 2. The minimum Gasteiger partial charge on any atom is -0.507 e. The average molecular weight is 426 g/mol. The molecule has 2 aromatic carbocycles. The molecule has 9 nitrogen and oxygen atoms in total. The van der Waals surface area contributed by atoms with Gasteiger partial charge in [0.25, 0.3) is 17.4 Å². The third-order valence-electron chi connectivity index (χ3n) is 5.05. The molecule has 1 aliphatic heterocycles. The Balaban J connectivity index is 2.12. The first-order valence-electron chi connectivity index (χ1n) is 9.55. The molecule has 0 spiro atoms. The topological polar surface area (TPSA) is 119 Å². The number of carbonyl (C=O) groups excluding carboxylic acids is 2. The van der Waals surface area contributed by atoms with Crippen LogP contribution in [0.15, 0.2) is 54.1 Å². The maximum atomic E-state index is 12.9. The molecule has 0 aromatic heterocycles. The van der Waals surface area contributed by atoms with Crippen molar-refractivity contribution in [2.24, 2.45) is 0 Å². The summed E-state index contributed by atoms with van der Waals surface area (Å²) in [5.74, 6) is -1.43. The van der Waals surface area contributed by atoms with Gasteiger partial charge in [0, 0.05) is 38.0 Å². The van der Waals surface area contributed by atoms with Crippen molar-refractivity contribution in [2.75, 3.05) is 27.4 Å². The van der Waals surface area contributed by atoms with Gasteiger partial charge in [-0.25, -0.2) is 0 Å². The summed E-state index contributed by atoms with van der Waals surface area (Å²) in [5.41, 5.74) is 0.602. The van der Waals surface area contributed by atoms with Gasteiger partial charge >= 0.3 is 0 Å². The SMILES string of the molecule is COCCCN1C(=O)C(=O)C(=C(O)c2cccc(OC)c2)C1c1ccc([N+](=O)[O-])cc1.